The lowest BCUT2D eigenvalue weighted by Crippen LogP contribution is -2.24. The van der Waals surface area contributed by atoms with Crippen LogP contribution in [0.5, 0.6) is 0 Å². The van der Waals surface area contributed by atoms with Gasteiger partial charge in [-0.15, -0.1) is 10.2 Å². The highest BCUT2D eigenvalue weighted by atomic mass is 79.9. The van der Waals surface area contributed by atoms with E-state index >= 15 is 0 Å². The molecule has 0 bridgehead atoms. The Labute approximate surface area is 168 Å². The first-order valence-corrected chi connectivity index (χ1v) is 10.1. The van der Waals surface area contributed by atoms with Gasteiger partial charge in [0.25, 0.3) is 0 Å². The molecule has 26 heavy (non-hydrogen) atoms. The molecule has 2 aromatic heterocycles. The van der Waals surface area contributed by atoms with Gasteiger partial charge in [-0.3, -0.25) is 9.36 Å². The fourth-order valence-electron chi connectivity index (χ4n) is 2.28. The van der Waals surface area contributed by atoms with Crippen molar-refractivity contribution in [1.29, 1.82) is 0 Å². The molecular formula is C17H16BrClN4O2S. The van der Waals surface area contributed by atoms with Gasteiger partial charge in [-0.1, -0.05) is 35.5 Å². The van der Waals surface area contributed by atoms with Crippen molar-refractivity contribution >= 4 is 45.2 Å². The first-order chi connectivity index (χ1) is 12.6. The van der Waals surface area contributed by atoms with Gasteiger partial charge in [0.2, 0.25) is 11.7 Å². The van der Waals surface area contributed by atoms with Crippen LogP contribution in [0.25, 0.3) is 11.6 Å². The summed E-state index contributed by atoms with van der Waals surface area (Å²) in [6, 6.07) is 11.0. The van der Waals surface area contributed by atoms with Crippen LogP contribution in [0, 0.1) is 0 Å². The summed E-state index contributed by atoms with van der Waals surface area (Å²) in [6.07, 6.45) is 0. The molecule has 6 nitrogen and oxygen atoms in total. The van der Waals surface area contributed by atoms with Gasteiger partial charge in [0, 0.05) is 18.1 Å². The molecule has 0 radical (unpaired) electrons. The Morgan fingerprint density at radius 2 is 2.04 bits per heavy atom. The number of hydrogen-bond donors (Lipinski definition) is 1. The number of amides is 1. The molecule has 3 aromatic rings. The summed E-state index contributed by atoms with van der Waals surface area (Å²) in [7, 11) is 0. The zero-order valence-corrected chi connectivity index (χ0v) is 17.1. The summed E-state index contributed by atoms with van der Waals surface area (Å²) in [6.45, 7) is 3.13. The molecule has 1 N–H and O–H groups in total. The van der Waals surface area contributed by atoms with Crippen molar-refractivity contribution in [2.75, 3.05) is 5.75 Å². The maximum atomic E-state index is 12.1. The fourth-order valence-corrected chi connectivity index (χ4v) is 3.55. The minimum Gasteiger partial charge on any atom is -0.446 e. The monoisotopic (exact) mass is 454 g/mol. The van der Waals surface area contributed by atoms with Crippen molar-refractivity contribution in [3.63, 3.8) is 0 Å². The fraction of sp³-hybridized carbons (Fsp3) is 0.235. The second-order valence-corrected chi connectivity index (χ2v) is 7.51. The van der Waals surface area contributed by atoms with Crippen LogP contribution >= 0.6 is 39.3 Å². The van der Waals surface area contributed by atoms with Gasteiger partial charge in [0.05, 0.1) is 5.75 Å². The molecule has 0 aliphatic carbocycles. The normalized spacial score (nSPS) is 10.9. The lowest BCUT2D eigenvalue weighted by Gasteiger charge is -2.07. The van der Waals surface area contributed by atoms with Gasteiger partial charge in [0.15, 0.2) is 15.6 Å². The predicted octanol–water partition coefficient (Wildman–Crippen LogP) is 4.38. The number of aromatic nitrogens is 3. The number of benzene rings is 1. The number of nitrogens with zero attached hydrogens (tertiary/aromatic N) is 3. The number of hydrogen-bond acceptors (Lipinski definition) is 5. The van der Waals surface area contributed by atoms with E-state index < -0.39 is 0 Å². The Morgan fingerprint density at radius 3 is 2.69 bits per heavy atom. The van der Waals surface area contributed by atoms with E-state index in [0.717, 1.165) is 5.56 Å². The zero-order chi connectivity index (χ0) is 18.5. The van der Waals surface area contributed by atoms with E-state index in [2.05, 4.69) is 31.4 Å². The summed E-state index contributed by atoms with van der Waals surface area (Å²) in [4.78, 5) is 12.1. The smallest absolute Gasteiger partial charge is 0.230 e. The molecule has 0 fully saturated rings. The lowest BCUT2D eigenvalue weighted by molar-refractivity contribution is -0.118. The van der Waals surface area contributed by atoms with Gasteiger partial charge >= 0.3 is 0 Å². The van der Waals surface area contributed by atoms with E-state index in [-0.39, 0.29) is 11.7 Å². The molecule has 0 saturated carbocycles. The van der Waals surface area contributed by atoms with Crippen molar-refractivity contribution in [3.8, 4) is 11.6 Å². The van der Waals surface area contributed by atoms with E-state index in [1.54, 1.807) is 18.2 Å². The maximum absolute atomic E-state index is 12.1. The summed E-state index contributed by atoms with van der Waals surface area (Å²) in [5, 5.41) is 12.6. The summed E-state index contributed by atoms with van der Waals surface area (Å²) in [5.74, 6) is 1.46. The Kier molecular flexibility index (Phi) is 6.39. The molecule has 3 rings (SSSR count). The largest absolute Gasteiger partial charge is 0.446 e. The Balaban J connectivity index is 1.58. The minimum absolute atomic E-state index is 0.0714. The average molecular weight is 456 g/mol. The Bertz CT molecular complexity index is 895. The topological polar surface area (TPSA) is 73.0 Å². The van der Waals surface area contributed by atoms with Crippen LogP contribution in [0.2, 0.25) is 5.02 Å². The van der Waals surface area contributed by atoms with Crippen molar-refractivity contribution in [2.24, 2.45) is 0 Å². The van der Waals surface area contributed by atoms with Gasteiger partial charge in [0.1, 0.15) is 0 Å². The van der Waals surface area contributed by atoms with Crippen LogP contribution in [0.1, 0.15) is 12.5 Å². The molecule has 0 unspecified atom stereocenters. The minimum atomic E-state index is -0.0714. The Morgan fingerprint density at radius 1 is 1.27 bits per heavy atom. The lowest BCUT2D eigenvalue weighted by atomic mass is 10.2. The molecule has 0 spiro atoms. The number of halogens is 2. The van der Waals surface area contributed by atoms with Crippen LogP contribution in [-0.2, 0) is 17.9 Å². The van der Waals surface area contributed by atoms with Gasteiger partial charge in [-0.25, -0.2) is 0 Å². The van der Waals surface area contributed by atoms with Crippen molar-refractivity contribution in [1.82, 2.24) is 20.1 Å². The van der Waals surface area contributed by atoms with Crippen LogP contribution in [0.15, 0.2) is 50.6 Å². The van der Waals surface area contributed by atoms with E-state index in [4.69, 9.17) is 16.0 Å². The number of carbonyl (C=O) groups is 1. The molecule has 1 amide bonds. The second-order valence-electron chi connectivity index (χ2n) is 5.35. The third-order valence-electron chi connectivity index (χ3n) is 3.56. The third-order valence-corrected chi connectivity index (χ3v) is 5.21. The first kappa shape index (κ1) is 19.0. The van der Waals surface area contributed by atoms with Gasteiger partial charge in [-0.05, 0) is 52.7 Å². The summed E-state index contributed by atoms with van der Waals surface area (Å²) >= 11 is 10.5. The highest BCUT2D eigenvalue weighted by molar-refractivity contribution is 9.10. The maximum Gasteiger partial charge on any atom is 0.230 e. The second kappa shape index (κ2) is 8.75. The van der Waals surface area contributed by atoms with Crippen molar-refractivity contribution in [2.45, 2.75) is 25.2 Å². The number of nitrogens with one attached hydrogen (secondary N) is 1. The molecule has 0 atom stereocenters. The summed E-state index contributed by atoms with van der Waals surface area (Å²) in [5.41, 5.74) is 0.996. The number of thioether (sulfide) groups is 1. The number of carbonyl (C=O) groups excluding carboxylic acids is 1. The molecule has 1 aromatic carbocycles. The molecular weight excluding hydrogens is 440 g/mol. The molecule has 2 heterocycles. The van der Waals surface area contributed by atoms with E-state index in [0.29, 0.717) is 39.5 Å². The number of rotatable bonds is 7. The third kappa shape index (κ3) is 4.69. The van der Waals surface area contributed by atoms with Gasteiger partial charge in [-0.2, -0.15) is 0 Å². The highest BCUT2D eigenvalue weighted by Gasteiger charge is 2.17. The van der Waals surface area contributed by atoms with E-state index in [9.17, 15) is 4.79 Å². The van der Waals surface area contributed by atoms with Crippen LogP contribution in [0.4, 0.5) is 0 Å². The van der Waals surface area contributed by atoms with Crippen LogP contribution in [0.3, 0.4) is 0 Å². The molecule has 136 valence electrons. The SMILES string of the molecule is CCn1c(SCC(=O)NCc2ccc(Cl)cc2)nnc1-c1ccc(Br)o1. The molecule has 0 saturated heterocycles. The highest BCUT2D eigenvalue weighted by Crippen LogP contribution is 2.27. The van der Waals surface area contributed by atoms with Crippen LogP contribution in [-0.4, -0.2) is 26.4 Å². The van der Waals surface area contributed by atoms with E-state index in [1.807, 2.05) is 29.7 Å². The average Bonchev–Trinajstić information content (AvgIpc) is 3.24. The molecule has 0 aliphatic heterocycles. The zero-order valence-electron chi connectivity index (χ0n) is 13.9. The quantitative estimate of drug-likeness (QED) is 0.535. The summed E-state index contributed by atoms with van der Waals surface area (Å²) < 4.78 is 8.09. The standard InChI is InChI=1S/C17H16BrClN4O2S/c1-2-23-16(13-7-8-14(18)25-13)21-22-17(23)26-10-15(24)20-9-11-3-5-12(19)6-4-11/h3-8H,2,9-10H2,1H3,(H,20,24). The number of furan rings is 1. The van der Waals surface area contributed by atoms with Gasteiger partial charge < -0.3 is 9.73 Å². The molecule has 0 aliphatic rings. The van der Waals surface area contributed by atoms with Crippen molar-refractivity contribution in [3.05, 3.63) is 51.7 Å². The predicted molar refractivity (Wildman–Crippen MR) is 105 cm³/mol. The van der Waals surface area contributed by atoms with Crippen LogP contribution < -0.4 is 5.32 Å². The molecule has 9 heteroatoms. The van der Waals surface area contributed by atoms with Crippen molar-refractivity contribution < 1.29 is 9.21 Å². The Hall–Kier alpha value is -1.77. The van der Waals surface area contributed by atoms with E-state index in [1.165, 1.54) is 11.8 Å². The first-order valence-electron chi connectivity index (χ1n) is 7.89.